The second-order valence-corrected chi connectivity index (χ2v) is 6.95. The van der Waals surface area contributed by atoms with Crippen molar-refractivity contribution in [3.63, 3.8) is 0 Å². The Bertz CT molecular complexity index is 1010. The monoisotopic (exact) mass is 381 g/mol. The smallest absolute Gasteiger partial charge is 0.262 e. The van der Waals surface area contributed by atoms with Gasteiger partial charge < -0.3 is 10.4 Å². The number of thioether (sulfide) groups is 1. The molecule has 1 aromatic heterocycles. The molecule has 138 valence electrons. The summed E-state index contributed by atoms with van der Waals surface area (Å²) in [6.07, 6.45) is 0. The third-order valence-electron chi connectivity index (χ3n) is 3.97. The van der Waals surface area contributed by atoms with Gasteiger partial charge in [0.1, 0.15) is 0 Å². The van der Waals surface area contributed by atoms with Crippen LogP contribution in [0.2, 0.25) is 0 Å². The molecule has 7 heteroatoms. The zero-order valence-corrected chi connectivity index (χ0v) is 15.8. The molecule has 0 bridgehead atoms. The number of amides is 1. The average molecular weight is 381 g/mol. The number of hydrogen-bond acceptors (Lipinski definition) is 5. The van der Waals surface area contributed by atoms with E-state index in [1.807, 2.05) is 38.1 Å². The van der Waals surface area contributed by atoms with Gasteiger partial charge in [-0.05, 0) is 37.1 Å². The van der Waals surface area contributed by atoms with Crippen LogP contribution in [-0.4, -0.2) is 26.3 Å². The van der Waals surface area contributed by atoms with Gasteiger partial charge in [0.15, 0.2) is 5.16 Å². The summed E-state index contributed by atoms with van der Waals surface area (Å²) in [4.78, 5) is 28.8. The van der Waals surface area contributed by atoms with E-state index in [0.717, 1.165) is 34.6 Å². The zero-order valence-electron chi connectivity index (χ0n) is 15.0. The lowest BCUT2D eigenvalue weighted by Crippen LogP contribution is -2.21. The molecule has 0 radical (unpaired) electrons. The Kier molecular flexibility index (Phi) is 5.61. The SMILES string of the molecule is Cc1cccc(C)c1NC(=O)CSc1nc(O)cc(=O)n1-c1ccccc1. The maximum Gasteiger partial charge on any atom is 0.262 e. The molecule has 1 heterocycles. The highest BCUT2D eigenvalue weighted by molar-refractivity contribution is 7.99. The first kappa shape index (κ1) is 18.7. The summed E-state index contributed by atoms with van der Waals surface area (Å²) in [6.45, 7) is 3.86. The molecule has 3 rings (SSSR count). The van der Waals surface area contributed by atoms with Crippen molar-refractivity contribution in [2.75, 3.05) is 11.1 Å². The number of nitrogens with one attached hydrogen (secondary N) is 1. The molecule has 2 aromatic carbocycles. The van der Waals surface area contributed by atoms with Crippen LogP contribution in [-0.2, 0) is 4.79 Å². The molecule has 0 saturated heterocycles. The second-order valence-electron chi connectivity index (χ2n) is 6.01. The van der Waals surface area contributed by atoms with E-state index in [1.165, 1.54) is 4.57 Å². The van der Waals surface area contributed by atoms with Crippen molar-refractivity contribution in [2.45, 2.75) is 19.0 Å². The Labute approximate surface area is 160 Å². The van der Waals surface area contributed by atoms with Crippen molar-refractivity contribution in [2.24, 2.45) is 0 Å². The van der Waals surface area contributed by atoms with Crippen LogP contribution < -0.4 is 10.9 Å². The number of carbonyl (C=O) groups excluding carboxylic acids is 1. The van der Waals surface area contributed by atoms with Gasteiger partial charge in [-0.25, -0.2) is 0 Å². The number of para-hydroxylation sites is 2. The highest BCUT2D eigenvalue weighted by atomic mass is 32.2. The Hall–Kier alpha value is -3.06. The number of carbonyl (C=O) groups is 1. The Morgan fingerprint density at radius 3 is 2.44 bits per heavy atom. The third-order valence-corrected chi connectivity index (χ3v) is 4.91. The summed E-state index contributed by atoms with van der Waals surface area (Å²) in [7, 11) is 0. The van der Waals surface area contributed by atoms with Gasteiger partial charge in [-0.15, -0.1) is 0 Å². The van der Waals surface area contributed by atoms with Crippen molar-refractivity contribution < 1.29 is 9.90 Å². The fourth-order valence-electron chi connectivity index (χ4n) is 2.68. The van der Waals surface area contributed by atoms with Gasteiger partial charge in [0.25, 0.3) is 5.56 Å². The Morgan fingerprint density at radius 2 is 1.78 bits per heavy atom. The minimum Gasteiger partial charge on any atom is -0.493 e. The Morgan fingerprint density at radius 1 is 1.11 bits per heavy atom. The summed E-state index contributed by atoms with van der Waals surface area (Å²) >= 11 is 1.09. The topological polar surface area (TPSA) is 84.2 Å². The van der Waals surface area contributed by atoms with Gasteiger partial charge in [0, 0.05) is 5.69 Å². The first-order valence-corrected chi connectivity index (χ1v) is 9.31. The molecule has 27 heavy (non-hydrogen) atoms. The van der Waals surface area contributed by atoms with Crippen LogP contribution in [0.3, 0.4) is 0 Å². The molecule has 0 aliphatic heterocycles. The average Bonchev–Trinajstić information content (AvgIpc) is 2.63. The maximum atomic E-state index is 12.4. The van der Waals surface area contributed by atoms with E-state index in [0.29, 0.717) is 5.69 Å². The molecule has 6 nitrogen and oxygen atoms in total. The van der Waals surface area contributed by atoms with E-state index in [1.54, 1.807) is 24.3 Å². The molecule has 0 saturated carbocycles. The first-order chi connectivity index (χ1) is 13.0. The molecule has 0 spiro atoms. The number of rotatable bonds is 5. The number of aryl methyl sites for hydroxylation is 2. The molecular weight excluding hydrogens is 362 g/mol. The van der Waals surface area contributed by atoms with Crippen LogP contribution in [0.25, 0.3) is 5.69 Å². The molecule has 2 N–H and O–H groups in total. The molecule has 0 atom stereocenters. The van der Waals surface area contributed by atoms with Crippen LogP contribution in [0.1, 0.15) is 11.1 Å². The van der Waals surface area contributed by atoms with Crippen LogP contribution >= 0.6 is 11.8 Å². The molecule has 3 aromatic rings. The quantitative estimate of drug-likeness (QED) is 0.523. The van der Waals surface area contributed by atoms with Gasteiger partial charge in [-0.1, -0.05) is 48.2 Å². The van der Waals surface area contributed by atoms with E-state index in [-0.39, 0.29) is 22.7 Å². The number of nitrogens with zero attached hydrogens (tertiary/aromatic N) is 2. The first-order valence-electron chi connectivity index (χ1n) is 8.33. The lowest BCUT2D eigenvalue weighted by Gasteiger charge is -2.13. The molecule has 0 aliphatic carbocycles. The molecule has 0 fully saturated rings. The predicted octanol–water partition coefficient (Wildman–Crippen LogP) is 3.29. The van der Waals surface area contributed by atoms with E-state index in [2.05, 4.69) is 10.3 Å². The highest BCUT2D eigenvalue weighted by Gasteiger charge is 2.14. The Balaban J connectivity index is 1.82. The molecule has 1 amide bonds. The summed E-state index contributed by atoms with van der Waals surface area (Å²) in [5.74, 6) is -0.532. The third kappa shape index (κ3) is 4.38. The van der Waals surface area contributed by atoms with Gasteiger partial charge in [0.2, 0.25) is 11.8 Å². The zero-order chi connectivity index (χ0) is 19.4. The maximum absolute atomic E-state index is 12.4. The van der Waals surface area contributed by atoms with Crippen molar-refractivity contribution in [1.29, 1.82) is 0 Å². The fraction of sp³-hybridized carbons (Fsp3) is 0.150. The van der Waals surface area contributed by atoms with E-state index in [4.69, 9.17) is 0 Å². The van der Waals surface area contributed by atoms with E-state index in [9.17, 15) is 14.7 Å². The lowest BCUT2D eigenvalue weighted by atomic mass is 10.1. The minimum atomic E-state index is -0.411. The van der Waals surface area contributed by atoms with Crippen LogP contribution in [0.5, 0.6) is 5.88 Å². The number of hydrogen-bond donors (Lipinski definition) is 2. The molecule has 0 aliphatic rings. The normalized spacial score (nSPS) is 10.6. The van der Waals surface area contributed by atoms with Crippen LogP contribution in [0.4, 0.5) is 5.69 Å². The van der Waals surface area contributed by atoms with Gasteiger partial charge in [0.05, 0.1) is 17.5 Å². The number of benzene rings is 2. The van der Waals surface area contributed by atoms with E-state index >= 15 is 0 Å². The molecular formula is C20H19N3O3S. The minimum absolute atomic E-state index is 0.0521. The van der Waals surface area contributed by atoms with Crippen molar-refractivity contribution in [3.8, 4) is 11.6 Å². The number of aromatic hydroxyl groups is 1. The number of anilines is 1. The second kappa shape index (κ2) is 8.09. The van der Waals surface area contributed by atoms with Crippen molar-refractivity contribution >= 4 is 23.4 Å². The van der Waals surface area contributed by atoms with Crippen molar-refractivity contribution in [3.05, 3.63) is 76.1 Å². The summed E-state index contributed by atoms with van der Waals surface area (Å²) < 4.78 is 1.37. The predicted molar refractivity (Wildman–Crippen MR) is 107 cm³/mol. The fourth-order valence-corrected chi connectivity index (χ4v) is 3.49. The summed E-state index contributed by atoms with van der Waals surface area (Å²) in [5, 5.41) is 12.9. The van der Waals surface area contributed by atoms with Gasteiger partial charge in [-0.3, -0.25) is 14.2 Å². The van der Waals surface area contributed by atoms with E-state index < -0.39 is 5.56 Å². The lowest BCUT2D eigenvalue weighted by molar-refractivity contribution is -0.113. The summed E-state index contributed by atoms with van der Waals surface area (Å²) in [6, 6.07) is 15.8. The van der Waals surface area contributed by atoms with Crippen molar-refractivity contribution in [1.82, 2.24) is 9.55 Å². The van der Waals surface area contributed by atoms with Gasteiger partial charge in [-0.2, -0.15) is 4.98 Å². The van der Waals surface area contributed by atoms with Crippen LogP contribution in [0.15, 0.2) is 64.5 Å². The number of aromatic nitrogens is 2. The largest absolute Gasteiger partial charge is 0.493 e. The standard InChI is InChI=1S/C20H19N3O3S/c1-13-7-6-8-14(2)19(13)21-17(25)12-27-20-22-16(24)11-18(26)23(20)15-9-4-3-5-10-15/h3-11,24H,12H2,1-2H3,(H,21,25). The highest BCUT2D eigenvalue weighted by Crippen LogP contribution is 2.22. The van der Waals surface area contributed by atoms with Crippen LogP contribution in [0, 0.1) is 13.8 Å². The molecule has 0 unspecified atom stereocenters. The van der Waals surface area contributed by atoms with Gasteiger partial charge >= 0.3 is 0 Å². The summed E-state index contributed by atoms with van der Waals surface area (Å²) in [5.41, 5.74) is 2.95.